The van der Waals surface area contributed by atoms with Crippen LogP contribution in [-0.2, 0) is 4.79 Å². The molecular formula is C13H11N3O5. The number of carboxylic acid groups (broad SMARTS) is 1. The number of carbonyl (C=O) groups excluding carboxylic acids is 1. The number of hydrogen-bond donors (Lipinski definition) is 2. The first-order valence-electron chi connectivity index (χ1n) is 5.97. The zero-order chi connectivity index (χ0) is 15.6. The highest BCUT2D eigenvalue weighted by Crippen LogP contribution is 2.22. The van der Waals surface area contributed by atoms with E-state index in [1.54, 1.807) is 6.07 Å². The maximum atomic E-state index is 12.0. The number of carboxylic acids is 1. The molecular weight excluding hydrogens is 278 g/mol. The van der Waals surface area contributed by atoms with Crippen LogP contribution in [0.4, 0.5) is 5.69 Å². The van der Waals surface area contributed by atoms with Crippen molar-refractivity contribution in [2.45, 2.75) is 13.0 Å². The van der Waals surface area contributed by atoms with Gasteiger partial charge >= 0.3 is 5.97 Å². The summed E-state index contributed by atoms with van der Waals surface area (Å²) < 4.78 is 0. The molecule has 0 saturated heterocycles. The van der Waals surface area contributed by atoms with Gasteiger partial charge in [0.1, 0.15) is 11.7 Å². The van der Waals surface area contributed by atoms with Gasteiger partial charge in [0.2, 0.25) is 0 Å². The van der Waals surface area contributed by atoms with E-state index in [-0.39, 0.29) is 11.4 Å². The molecule has 0 saturated carbocycles. The van der Waals surface area contributed by atoms with E-state index in [0.717, 1.165) is 0 Å². The second kappa shape index (κ2) is 5.53. The first-order valence-corrected chi connectivity index (χ1v) is 5.97. The number of nitrogens with zero attached hydrogens (tertiary/aromatic N) is 2. The molecule has 1 heterocycles. The zero-order valence-electron chi connectivity index (χ0n) is 10.9. The van der Waals surface area contributed by atoms with E-state index in [0.29, 0.717) is 10.8 Å². The van der Waals surface area contributed by atoms with Gasteiger partial charge in [-0.15, -0.1) is 0 Å². The van der Waals surface area contributed by atoms with Gasteiger partial charge in [-0.05, 0) is 24.4 Å². The standard InChI is InChI=1S/C13H11N3O5/c1-7(13(18)19)15-12(17)11-10-6-9(16(20)21)3-2-8(10)4-5-14-11/h2-7H,1H3,(H,15,17)(H,18,19). The molecule has 0 fully saturated rings. The molecule has 0 spiro atoms. The van der Waals surface area contributed by atoms with Crippen molar-refractivity contribution in [3.05, 3.63) is 46.3 Å². The largest absolute Gasteiger partial charge is 0.480 e. The van der Waals surface area contributed by atoms with Gasteiger partial charge in [-0.25, -0.2) is 0 Å². The van der Waals surface area contributed by atoms with Crippen molar-refractivity contribution in [2.24, 2.45) is 0 Å². The highest BCUT2D eigenvalue weighted by Gasteiger charge is 2.19. The molecule has 1 aromatic carbocycles. The van der Waals surface area contributed by atoms with Crippen LogP contribution in [0.1, 0.15) is 17.4 Å². The molecule has 1 aromatic heterocycles. The third kappa shape index (κ3) is 2.94. The summed E-state index contributed by atoms with van der Waals surface area (Å²) in [5.41, 5.74) is -0.222. The van der Waals surface area contributed by atoms with Crippen LogP contribution in [0.5, 0.6) is 0 Å². The van der Waals surface area contributed by atoms with E-state index < -0.39 is 22.8 Å². The van der Waals surface area contributed by atoms with E-state index in [9.17, 15) is 19.7 Å². The molecule has 21 heavy (non-hydrogen) atoms. The number of non-ortho nitro benzene ring substituents is 1. The number of hydrogen-bond acceptors (Lipinski definition) is 5. The lowest BCUT2D eigenvalue weighted by molar-refractivity contribution is -0.384. The van der Waals surface area contributed by atoms with Gasteiger partial charge in [0.05, 0.1) is 4.92 Å². The van der Waals surface area contributed by atoms with E-state index >= 15 is 0 Å². The Bertz CT molecular complexity index is 744. The van der Waals surface area contributed by atoms with Gasteiger partial charge in [0, 0.05) is 23.7 Å². The Labute approximate surface area is 118 Å². The Morgan fingerprint density at radius 1 is 1.38 bits per heavy atom. The highest BCUT2D eigenvalue weighted by atomic mass is 16.6. The summed E-state index contributed by atoms with van der Waals surface area (Å²) >= 11 is 0. The topological polar surface area (TPSA) is 122 Å². The number of aromatic nitrogens is 1. The molecule has 2 N–H and O–H groups in total. The zero-order valence-corrected chi connectivity index (χ0v) is 10.9. The number of nitrogens with one attached hydrogen (secondary N) is 1. The Hall–Kier alpha value is -3.03. The Balaban J connectivity index is 2.47. The lowest BCUT2D eigenvalue weighted by Gasteiger charge is -2.10. The minimum atomic E-state index is -1.19. The summed E-state index contributed by atoms with van der Waals surface area (Å²) in [4.78, 5) is 36.9. The third-order valence-electron chi connectivity index (χ3n) is 2.89. The second-order valence-corrected chi connectivity index (χ2v) is 4.36. The number of nitro groups is 1. The number of amides is 1. The second-order valence-electron chi connectivity index (χ2n) is 4.36. The molecule has 1 unspecified atom stereocenters. The van der Waals surface area contributed by atoms with Gasteiger partial charge < -0.3 is 10.4 Å². The summed E-state index contributed by atoms with van der Waals surface area (Å²) in [5, 5.41) is 22.7. The SMILES string of the molecule is CC(NC(=O)c1nccc2ccc([N+](=O)[O-])cc12)C(=O)O. The average Bonchev–Trinajstić information content (AvgIpc) is 2.45. The molecule has 0 aliphatic heterocycles. The molecule has 0 aliphatic carbocycles. The normalized spacial score (nSPS) is 11.9. The number of benzene rings is 1. The molecule has 0 bridgehead atoms. The number of fused-ring (bicyclic) bond motifs is 1. The first kappa shape index (κ1) is 14.4. The van der Waals surface area contributed by atoms with Gasteiger partial charge in [0.15, 0.2) is 0 Å². The van der Waals surface area contributed by atoms with Crippen molar-refractivity contribution in [1.29, 1.82) is 0 Å². The number of aliphatic carboxylic acids is 1. The molecule has 1 atom stereocenters. The quantitative estimate of drug-likeness (QED) is 0.647. The summed E-state index contributed by atoms with van der Waals surface area (Å²) in [6, 6.07) is 4.59. The fourth-order valence-corrected chi connectivity index (χ4v) is 1.78. The molecule has 1 amide bonds. The molecule has 8 nitrogen and oxygen atoms in total. The lowest BCUT2D eigenvalue weighted by Crippen LogP contribution is -2.38. The van der Waals surface area contributed by atoms with Crippen LogP contribution in [0.15, 0.2) is 30.5 Å². The molecule has 8 heteroatoms. The summed E-state index contributed by atoms with van der Waals surface area (Å²) in [5.74, 6) is -1.88. The van der Waals surface area contributed by atoms with Crippen molar-refractivity contribution in [2.75, 3.05) is 0 Å². The van der Waals surface area contributed by atoms with Crippen molar-refractivity contribution in [1.82, 2.24) is 10.3 Å². The predicted molar refractivity (Wildman–Crippen MR) is 73.0 cm³/mol. The van der Waals surface area contributed by atoms with Gasteiger partial charge in [-0.1, -0.05) is 0 Å². The monoisotopic (exact) mass is 289 g/mol. The predicted octanol–water partition coefficient (Wildman–Crippen LogP) is 1.35. The smallest absolute Gasteiger partial charge is 0.325 e. The van der Waals surface area contributed by atoms with Gasteiger partial charge in [0.25, 0.3) is 11.6 Å². The van der Waals surface area contributed by atoms with Gasteiger partial charge in [-0.3, -0.25) is 24.7 Å². The molecule has 0 aliphatic rings. The average molecular weight is 289 g/mol. The maximum Gasteiger partial charge on any atom is 0.325 e. The minimum absolute atomic E-state index is 0.0516. The molecule has 108 valence electrons. The van der Waals surface area contributed by atoms with Crippen LogP contribution in [0.25, 0.3) is 10.8 Å². The summed E-state index contributed by atoms with van der Waals surface area (Å²) in [6.45, 7) is 1.31. The Morgan fingerprint density at radius 3 is 2.71 bits per heavy atom. The van der Waals surface area contributed by atoms with E-state index in [2.05, 4.69) is 10.3 Å². The van der Waals surface area contributed by atoms with Crippen LogP contribution < -0.4 is 5.32 Å². The fourth-order valence-electron chi connectivity index (χ4n) is 1.78. The summed E-state index contributed by atoms with van der Waals surface area (Å²) in [7, 11) is 0. The fraction of sp³-hybridized carbons (Fsp3) is 0.154. The minimum Gasteiger partial charge on any atom is -0.480 e. The van der Waals surface area contributed by atoms with Crippen molar-refractivity contribution >= 4 is 28.3 Å². The number of carbonyl (C=O) groups is 2. The van der Waals surface area contributed by atoms with Crippen molar-refractivity contribution in [3.63, 3.8) is 0 Å². The van der Waals surface area contributed by atoms with E-state index in [1.807, 2.05) is 0 Å². The Morgan fingerprint density at radius 2 is 2.10 bits per heavy atom. The number of pyridine rings is 1. The molecule has 2 aromatic rings. The Kier molecular flexibility index (Phi) is 3.79. The first-order chi connectivity index (χ1) is 9.90. The van der Waals surface area contributed by atoms with Crippen LogP contribution >= 0.6 is 0 Å². The van der Waals surface area contributed by atoms with Gasteiger partial charge in [-0.2, -0.15) is 0 Å². The van der Waals surface area contributed by atoms with Crippen molar-refractivity contribution in [3.8, 4) is 0 Å². The van der Waals surface area contributed by atoms with Crippen molar-refractivity contribution < 1.29 is 19.6 Å². The molecule has 0 radical (unpaired) electrons. The van der Waals surface area contributed by atoms with Crippen LogP contribution in [0, 0.1) is 10.1 Å². The number of nitro benzene ring substituents is 1. The van der Waals surface area contributed by atoms with Crippen LogP contribution in [0.2, 0.25) is 0 Å². The lowest BCUT2D eigenvalue weighted by atomic mass is 10.1. The highest BCUT2D eigenvalue weighted by molar-refractivity contribution is 6.06. The maximum absolute atomic E-state index is 12.0. The van der Waals surface area contributed by atoms with E-state index in [1.165, 1.54) is 31.3 Å². The van der Waals surface area contributed by atoms with Crippen LogP contribution in [0.3, 0.4) is 0 Å². The molecule has 2 rings (SSSR count). The third-order valence-corrected chi connectivity index (χ3v) is 2.89. The summed E-state index contributed by atoms with van der Waals surface area (Å²) in [6.07, 6.45) is 1.38. The number of rotatable bonds is 4. The van der Waals surface area contributed by atoms with E-state index in [4.69, 9.17) is 5.11 Å². The van der Waals surface area contributed by atoms with Crippen LogP contribution in [-0.4, -0.2) is 32.9 Å².